The Balaban J connectivity index is 1.51. The molecule has 0 radical (unpaired) electrons. The number of nitrogens with two attached hydrogens (primary N) is 1. The molecule has 2 unspecified atom stereocenters. The predicted octanol–water partition coefficient (Wildman–Crippen LogP) is 4.46. The zero-order chi connectivity index (χ0) is 29.1. The molecule has 3 aromatic carbocycles. The van der Waals surface area contributed by atoms with Crippen LogP contribution < -0.4 is 16.6 Å². The summed E-state index contributed by atoms with van der Waals surface area (Å²) in [4.78, 5) is 44.7. The van der Waals surface area contributed by atoms with Gasteiger partial charge in [-0.1, -0.05) is 30.3 Å². The smallest absolute Gasteiger partial charge is 0.251 e. The van der Waals surface area contributed by atoms with Crippen molar-refractivity contribution in [3.63, 3.8) is 0 Å². The van der Waals surface area contributed by atoms with E-state index in [0.29, 0.717) is 34.2 Å². The van der Waals surface area contributed by atoms with Gasteiger partial charge in [0.25, 0.3) is 5.91 Å². The highest BCUT2D eigenvalue weighted by Gasteiger charge is 2.29. The first-order valence-electron chi connectivity index (χ1n) is 12.8. The number of aromatic nitrogens is 1. The highest BCUT2D eigenvalue weighted by atomic mass is 19.1. The fraction of sp³-hybridized carbons (Fsp3) is 0.161. The van der Waals surface area contributed by atoms with Gasteiger partial charge in [0.15, 0.2) is 0 Å². The van der Waals surface area contributed by atoms with E-state index >= 15 is 0 Å². The molecule has 0 saturated heterocycles. The van der Waals surface area contributed by atoms with Gasteiger partial charge < -0.3 is 16.0 Å². The Morgan fingerprint density at radius 2 is 1.78 bits per heavy atom. The minimum absolute atomic E-state index is 0.0103. The molecule has 10 heteroatoms. The average Bonchev–Trinajstić information content (AvgIpc) is 2.92. The van der Waals surface area contributed by atoms with Crippen molar-refractivity contribution in [1.29, 1.82) is 0 Å². The van der Waals surface area contributed by atoms with Gasteiger partial charge in [0.2, 0.25) is 11.5 Å². The Morgan fingerprint density at radius 1 is 1.02 bits per heavy atom. The van der Waals surface area contributed by atoms with E-state index in [1.807, 2.05) is 0 Å². The van der Waals surface area contributed by atoms with E-state index in [2.05, 4.69) is 15.3 Å². The number of benzene rings is 3. The monoisotopic (exact) mass is 558 g/mol. The molecule has 208 valence electrons. The van der Waals surface area contributed by atoms with Crippen LogP contribution in [-0.2, 0) is 17.6 Å². The molecular weight excluding hydrogens is 533 g/mol. The molecule has 2 atom stereocenters. The number of aliphatic imine (C=N–C) groups is 1. The average molecular weight is 559 g/mol. The second-order valence-electron chi connectivity index (χ2n) is 9.81. The number of halogens is 3. The van der Waals surface area contributed by atoms with Gasteiger partial charge in [-0.05, 0) is 59.9 Å². The van der Waals surface area contributed by atoms with E-state index in [9.17, 15) is 27.6 Å². The van der Waals surface area contributed by atoms with Crippen LogP contribution in [0.15, 0.2) is 88.8 Å². The van der Waals surface area contributed by atoms with Crippen LogP contribution >= 0.6 is 0 Å². The van der Waals surface area contributed by atoms with Crippen molar-refractivity contribution in [3.05, 3.63) is 129 Å². The maximum Gasteiger partial charge on any atom is 0.251 e. The molecule has 5 rings (SSSR count). The first-order chi connectivity index (χ1) is 19.7. The van der Waals surface area contributed by atoms with Gasteiger partial charge in [-0.25, -0.2) is 13.2 Å². The molecule has 1 aromatic heterocycles. The molecule has 7 nitrogen and oxygen atoms in total. The van der Waals surface area contributed by atoms with Gasteiger partial charge in [0.1, 0.15) is 17.5 Å². The number of hydrogen-bond acceptors (Lipinski definition) is 4. The highest BCUT2D eigenvalue weighted by Crippen LogP contribution is 2.29. The molecular formula is C31H25F3N4O3. The normalized spacial score (nSPS) is 15.4. The number of aromatic amines is 1. The van der Waals surface area contributed by atoms with Gasteiger partial charge in [-0.15, -0.1) is 0 Å². The van der Waals surface area contributed by atoms with Crippen LogP contribution in [0.1, 0.15) is 39.4 Å². The molecule has 4 aromatic rings. The van der Waals surface area contributed by atoms with Crippen molar-refractivity contribution in [1.82, 2.24) is 10.3 Å². The van der Waals surface area contributed by atoms with Crippen molar-refractivity contribution < 1.29 is 22.8 Å². The van der Waals surface area contributed by atoms with Crippen molar-refractivity contribution in [2.75, 3.05) is 0 Å². The van der Waals surface area contributed by atoms with Crippen LogP contribution in [0.3, 0.4) is 0 Å². The molecule has 41 heavy (non-hydrogen) atoms. The van der Waals surface area contributed by atoms with E-state index in [0.717, 1.165) is 12.1 Å². The Kier molecular flexibility index (Phi) is 7.82. The minimum atomic E-state index is -0.931. The summed E-state index contributed by atoms with van der Waals surface area (Å²) < 4.78 is 42.4. The van der Waals surface area contributed by atoms with Crippen LogP contribution in [-0.4, -0.2) is 28.6 Å². The van der Waals surface area contributed by atoms with Gasteiger partial charge in [-0.3, -0.25) is 19.4 Å². The number of nitrogens with zero attached hydrogens (tertiary/aromatic N) is 1. The summed E-state index contributed by atoms with van der Waals surface area (Å²) in [5, 5.41) is 3.63. The lowest BCUT2D eigenvalue weighted by molar-refractivity contribution is -0.120. The third-order valence-corrected chi connectivity index (χ3v) is 6.96. The largest absolute Gasteiger partial charge is 0.366 e. The maximum absolute atomic E-state index is 14.2. The summed E-state index contributed by atoms with van der Waals surface area (Å²) in [5.74, 6) is -4.19. The summed E-state index contributed by atoms with van der Waals surface area (Å²) in [5.41, 5.74) is 7.05. The SMILES string of the molecule is NC(=O)c1cc(C2CC=CN=C2C(Cc2cc(F)cc(F)c2)NC(=O)Cc2cc(=O)[nH]c3ccccc23)ccc1F. The Hall–Kier alpha value is -4.99. The van der Waals surface area contributed by atoms with E-state index in [1.165, 1.54) is 30.3 Å². The van der Waals surface area contributed by atoms with E-state index < -0.39 is 41.2 Å². The van der Waals surface area contributed by atoms with Gasteiger partial charge in [0.05, 0.1) is 18.0 Å². The number of amides is 2. The molecule has 0 fully saturated rings. The van der Waals surface area contributed by atoms with Crippen molar-refractivity contribution in [2.45, 2.75) is 31.2 Å². The zero-order valence-corrected chi connectivity index (χ0v) is 21.7. The summed E-state index contributed by atoms with van der Waals surface area (Å²) in [6.07, 6.45) is 3.59. The van der Waals surface area contributed by atoms with Gasteiger partial charge in [0, 0.05) is 40.9 Å². The number of carbonyl (C=O) groups is 2. The zero-order valence-electron chi connectivity index (χ0n) is 21.7. The van der Waals surface area contributed by atoms with Crippen LogP contribution in [0.5, 0.6) is 0 Å². The van der Waals surface area contributed by atoms with Gasteiger partial charge in [-0.2, -0.15) is 0 Å². The first kappa shape index (κ1) is 27.6. The number of allylic oxidation sites excluding steroid dienone is 1. The second-order valence-corrected chi connectivity index (χ2v) is 9.81. The molecule has 0 aliphatic carbocycles. The lowest BCUT2D eigenvalue weighted by atomic mass is 9.83. The third-order valence-electron chi connectivity index (χ3n) is 6.96. The molecule has 0 spiro atoms. The molecule has 2 heterocycles. The number of pyridine rings is 1. The predicted molar refractivity (Wildman–Crippen MR) is 149 cm³/mol. The Morgan fingerprint density at radius 3 is 2.54 bits per heavy atom. The number of carbonyl (C=O) groups excluding carboxylic acids is 2. The van der Waals surface area contributed by atoms with Crippen LogP contribution in [0.2, 0.25) is 0 Å². The second kappa shape index (κ2) is 11.6. The number of primary amides is 1. The number of nitrogens with one attached hydrogen (secondary N) is 2. The summed E-state index contributed by atoms with van der Waals surface area (Å²) >= 11 is 0. The molecule has 0 saturated carbocycles. The molecule has 1 aliphatic rings. The number of para-hydroxylation sites is 1. The summed E-state index contributed by atoms with van der Waals surface area (Å²) in [7, 11) is 0. The topological polar surface area (TPSA) is 117 Å². The third kappa shape index (κ3) is 6.27. The van der Waals surface area contributed by atoms with Crippen LogP contribution in [0.4, 0.5) is 13.2 Å². The van der Waals surface area contributed by atoms with Crippen molar-refractivity contribution in [2.24, 2.45) is 10.7 Å². The van der Waals surface area contributed by atoms with Crippen molar-refractivity contribution >= 4 is 28.4 Å². The lowest BCUT2D eigenvalue weighted by Gasteiger charge is -2.29. The van der Waals surface area contributed by atoms with E-state index in [1.54, 1.807) is 36.5 Å². The Bertz CT molecular complexity index is 1760. The molecule has 0 bridgehead atoms. The van der Waals surface area contributed by atoms with Crippen LogP contribution in [0.25, 0.3) is 10.9 Å². The lowest BCUT2D eigenvalue weighted by Crippen LogP contribution is -2.45. The summed E-state index contributed by atoms with van der Waals surface area (Å²) in [6.45, 7) is 0. The maximum atomic E-state index is 14.2. The van der Waals surface area contributed by atoms with E-state index in [-0.39, 0.29) is 29.5 Å². The fourth-order valence-electron chi connectivity index (χ4n) is 5.17. The highest BCUT2D eigenvalue weighted by molar-refractivity contribution is 6.00. The molecule has 2 amide bonds. The van der Waals surface area contributed by atoms with E-state index in [4.69, 9.17) is 5.73 Å². The number of fused-ring (bicyclic) bond motifs is 1. The fourth-order valence-corrected chi connectivity index (χ4v) is 5.17. The molecule has 1 aliphatic heterocycles. The van der Waals surface area contributed by atoms with Gasteiger partial charge >= 0.3 is 0 Å². The molecule has 4 N–H and O–H groups in total. The number of H-pyrrole nitrogens is 1. The Labute approximate surface area is 232 Å². The quantitative estimate of drug-likeness (QED) is 0.297. The summed E-state index contributed by atoms with van der Waals surface area (Å²) in [6, 6.07) is 14.7. The number of hydrogen-bond donors (Lipinski definition) is 3. The number of rotatable bonds is 8. The minimum Gasteiger partial charge on any atom is -0.366 e. The standard InChI is InChI=1S/C31H25F3N4O3/c32-20-10-17(11-21(33)16-20)12-27(38-29(40)15-19-14-28(39)37-26-6-2-1-4-22(19)26)30-23(5-3-9-36-30)18-7-8-25(34)24(13-18)31(35)41/h1-4,6-11,13-14,16,23,27H,5,12,15H2,(H2,35,41)(H,37,39)(H,38,40). The van der Waals surface area contributed by atoms with Crippen molar-refractivity contribution in [3.8, 4) is 0 Å². The first-order valence-corrected chi connectivity index (χ1v) is 12.8. The van der Waals surface area contributed by atoms with Crippen LogP contribution in [0, 0.1) is 17.5 Å².